The molecule has 1 aromatic carbocycles. The predicted molar refractivity (Wildman–Crippen MR) is 87.6 cm³/mol. The Morgan fingerprint density at radius 2 is 1.95 bits per heavy atom. The Labute approximate surface area is 127 Å². The molecular formula is C16H27ClN2O. The number of hydrogen-bond donors (Lipinski definition) is 2. The van der Waals surface area contributed by atoms with E-state index in [1.807, 2.05) is 12.1 Å². The van der Waals surface area contributed by atoms with Gasteiger partial charge >= 0.3 is 0 Å². The van der Waals surface area contributed by atoms with E-state index in [2.05, 4.69) is 44.0 Å². The molecule has 0 aliphatic carbocycles. The maximum absolute atomic E-state index is 9.08. The Morgan fingerprint density at radius 3 is 2.50 bits per heavy atom. The Bertz CT molecular complexity index is 407. The topological polar surface area (TPSA) is 35.5 Å². The van der Waals surface area contributed by atoms with Crippen LogP contribution in [0.2, 0.25) is 5.02 Å². The van der Waals surface area contributed by atoms with Crippen molar-refractivity contribution in [1.29, 1.82) is 0 Å². The molecule has 0 aliphatic heterocycles. The largest absolute Gasteiger partial charge is 0.396 e. The summed E-state index contributed by atoms with van der Waals surface area (Å²) in [6.45, 7) is 10.5. The molecule has 0 radical (unpaired) electrons. The maximum atomic E-state index is 9.08. The van der Waals surface area contributed by atoms with Crippen molar-refractivity contribution in [3.8, 4) is 0 Å². The van der Waals surface area contributed by atoms with Crippen LogP contribution in [-0.4, -0.2) is 30.3 Å². The molecule has 114 valence electrons. The number of aliphatic hydroxyl groups excluding tert-OH is 1. The van der Waals surface area contributed by atoms with Gasteiger partial charge in [-0.2, -0.15) is 0 Å². The van der Waals surface area contributed by atoms with Gasteiger partial charge < -0.3 is 15.3 Å². The lowest BCUT2D eigenvalue weighted by molar-refractivity contribution is 0.288. The molecule has 0 spiro atoms. The Morgan fingerprint density at radius 1 is 1.25 bits per heavy atom. The van der Waals surface area contributed by atoms with Gasteiger partial charge in [0.25, 0.3) is 0 Å². The van der Waals surface area contributed by atoms with E-state index in [1.54, 1.807) is 0 Å². The summed E-state index contributed by atoms with van der Waals surface area (Å²) in [4.78, 5) is 2.31. The fourth-order valence-electron chi connectivity index (χ4n) is 2.17. The van der Waals surface area contributed by atoms with E-state index in [-0.39, 0.29) is 6.61 Å². The fraction of sp³-hybridized carbons (Fsp3) is 0.625. The van der Waals surface area contributed by atoms with Gasteiger partial charge in [-0.3, -0.25) is 0 Å². The first kappa shape index (κ1) is 17.3. The zero-order chi connectivity index (χ0) is 15.1. The Kier molecular flexibility index (Phi) is 7.35. The van der Waals surface area contributed by atoms with Crippen molar-refractivity contribution in [2.45, 2.75) is 52.7 Å². The lowest BCUT2D eigenvalue weighted by Gasteiger charge is -2.31. The molecule has 0 heterocycles. The van der Waals surface area contributed by atoms with Crippen molar-refractivity contribution in [3.05, 3.63) is 28.8 Å². The third-order valence-electron chi connectivity index (χ3n) is 3.24. The summed E-state index contributed by atoms with van der Waals surface area (Å²) in [6.07, 6.45) is 0.766. The van der Waals surface area contributed by atoms with Crippen LogP contribution >= 0.6 is 11.6 Å². The molecular weight excluding hydrogens is 272 g/mol. The van der Waals surface area contributed by atoms with Crippen molar-refractivity contribution in [1.82, 2.24) is 5.32 Å². The molecule has 3 nitrogen and oxygen atoms in total. The van der Waals surface area contributed by atoms with Crippen molar-refractivity contribution >= 4 is 17.3 Å². The van der Waals surface area contributed by atoms with Crippen LogP contribution in [0.3, 0.4) is 0 Å². The molecule has 0 saturated carbocycles. The molecule has 0 atom stereocenters. The standard InChI is InChI=1S/C16H27ClN2O/c1-12(2)18-11-14-6-7-15(17)10-16(14)19(13(3)4)8-5-9-20/h6-7,10,12-13,18,20H,5,8-9,11H2,1-4H3. The zero-order valence-electron chi connectivity index (χ0n) is 13.0. The summed E-state index contributed by atoms with van der Waals surface area (Å²) in [6, 6.07) is 6.87. The van der Waals surface area contributed by atoms with Gasteiger partial charge in [0.1, 0.15) is 0 Å². The predicted octanol–water partition coefficient (Wildman–Crippen LogP) is 3.44. The van der Waals surface area contributed by atoms with E-state index in [0.29, 0.717) is 12.1 Å². The van der Waals surface area contributed by atoms with E-state index >= 15 is 0 Å². The van der Waals surface area contributed by atoms with E-state index in [9.17, 15) is 0 Å². The highest BCUT2D eigenvalue weighted by molar-refractivity contribution is 6.30. The van der Waals surface area contributed by atoms with Gasteiger partial charge in [-0.15, -0.1) is 0 Å². The van der Waals surface area contributed by atoms with Crippen LogP contribution in [-0.2, 0) is 6.54 Å². The number of aliphatic hydroxyl groups is 1. The smallest absolute Gasteiger partial charge is 0.0447 e. The van der Waals surface area contributed by atoms with Gasteiger partial charge in [0.2, 0.25) is 0 Å². The monoisotopic (exact) mass is 298 g/mol. The van der Waals surface area contributed by atoms with E-state index in [4.69, 9.17) is 16.7 Å². The van der Waals surface area contributed by atoms with Gasteiger partial charge in [-0.25, -0.2) is 0 Å². The highest BCUT2D eigenvalue weighted by Gasteiger charge is 2.15. The summed E-state index contributed by atoms with van der Waals surface area (Å²) in [5.41, 5.74) is 2.41. The number of rotatable bonds is 8. The first-order valence-corrected chi connectivity index (χ1v) is 7.72. The highest BCUT2D eigenvalue weighted by atomic mass is 35.5. The molecule has 0 unspecified atom stereocenters. The summed E-state index contributed by atoms with van der Waals surface area (Å²) in [7, 11) is 0. The maximum Gasteiger partial charge on any atom is 0.0447 e. The van der Waals surface area contributed by atoms with Crippen LogP contribution < -0.4 is 10.2 Å². The van der Waals surface area contributed by atoms with Crippen LogP contribution in [0.15, 0.2) is 18.2 Å². The van der Waals surface area contributed by atoms with Crippen LogP contribution in [0.25, 0.3) is 0 Å². The van der Waals surface area contributed by atoms with Crippen LogP contribution in [0.5, 0.6) is 0 Å². The first-order valence-electron chi connectivity index (χ1n) is 7.35. The molecule has 0 saturated heterocycles. The molecule has 0 bridgehead atoms. The van der Waals surface area contributed by atoms with Gasteiger partial charge in [0.15, 0.2) is 0 Å². The van der Waals surface area contributed by atoms with Crippen molar-refractivity contribution in [2.75, 3.05) is 18.1 Å². The third-order valence-corrected chi connectivity index (χ3v) is 3.47. The molecule has 0 fully saturated rings. The fourth-order valence-corrected chi connectivity index (χ4v) is 2.33. The molecule has 1 aromatic rings. The second-order valence-electron chi connectivity index (χ2n) is 5.67. The summed E-state index contributed by atoms with van der Waals surface area (Å²) in [5, 5.41) is 13.3. The van der Waals surface area contributed by atoms with Gasteiger partial charge in [0.05, 0.1) is 0 Å². The van der Waals surface area contributed by atoms with Crippen LogP contribution in [0.1, 0.15) is 39.7 Å². The number of halogens is 1. The Balaban J connectivity index is 3.00. The molecule has 2 N–H and O–H groups in total. The summed E-state index contributed by atoms with van der Waals surface area (Å²) in [5.74, 6) is 0. The Hall–Kier alpha value is -0.770. The van der Waals surface area contributed by atoms with Crippen molar-refractivity contribution < 1.29 is 5.11 Å². The second kappa shape index (κ2) is 8.50. The van der Waals surface area contributed by atoms with Crippen molar-refractivity contribution in [2.24, 2.45) is 0 Å². The number of nitrogens with one attached hydrogen (secondary N) is 1. The number of hydrogen-bond acceptors (Lipinski definition) is 3. The number of anilines is 1. The average molecular weight is 299 g/mol. The highest BCUT2D eigenvalue weighted by Crippen LogP contribution is 2.27. The minimum Gasteiger partial charge on any atom is -0.396 e. The minimum absolute atomic E-state index is 0.212. The summed E-state index contributed by atoms with van der Waals surface area (Å²) < 4.78 is 0. The average Bonchev–Trinajstić information content (AvgIpc) is 2.37. The molecule has 1 rings (SSSR count). The quantitative estimate of drug-likeness (QED) is 0.772. The zero-order valence-corrected chi connectivity index (χ0v) is 13.7. The van der Waals surface area contributed by atoms with E-state index in [0.717, 1.165) is 30.2 Å². The third kappa shape index (κ3) is 5.31. The molecule has 0 aromatic heterocycles. The normalized spacial score (nSPS) is 11.4. The SMILES string of the molecule is CC(C)NCc1ccc(Cl)cc1N(CCCO)C(C)C. The van der Waals surface area contributed by atoms with Gasteiger partial charge in [-0.1, -0.05) is 31.5 Å². The van der Waals surface area contributed by atoms with E-state index < -0.39 is 0 Å². The second-order valence-corrected chi connectivity index (χ2v) is 6.11. The van der Waals surface area contributed by atoms with Crippen LogP contribution in [0, 0.1) is 0 Å². The van der Waals surface area contributed by atoms with Crippen molar-refractivity contribution in [3.63, 3.8) is 0 Å². The van der Waals surface area contributed by atoms with Gasteiger partial charge in [-0.05, 0) is 38.0 Å². The molecule has 4 heteroatoms. The number of benzene rings is 1. The minimum atomic E-state index is 0.212. The summed E-state index contributed by atoms with van der Waals surface area (Å²) >= 11 is 6.17. The molecule has 0 aliphatic rings. The van der Waals surface area contributed by atoms with E-state index in [1.165, 1.54) is 5.56 Å². The molecule has 20 heavy (non-hydrogen) atoms. The van der Waals surface area contributed by atoms with Gasteiger partial charge in [0, 0.05) is 42.5 Å². The lowest BCUT2D eigenvalue weighted by atomic mass is 10.1. The first-order chi connectivity index (χ1) is 9.45. The molecule has 0 amide bonds. The number of nitrogens with zero attached hydrogens (tertiary/aromatic N) is 1. The lowest BCUT2D eigenvalue weighted by Crippen LogP contribution is -2.34. The van der Waals surface area contributed by atoms with Crippen LogP contribution in [0.4, 0.5) is 5.69 Å².